The Morgan fingerprint density at radius 3 is 1.36 bits per heavy atom. The molecule has 0 radical (unpaired) electrons. The molecule has 5 nitrogen and oxygen atoms in total. The highest BCUT2D eigenvalue weighted by molar-refractivity contribution is 7.75. The maximum Gasteiger partial charge on any atom is 0.338 e. The van der Waals surface area contributed by atoms with Gasteiger partial charge in [-0.2, -0.15) is 0 Å². The monoisotopic (exact) mass is 621 g/mol. The Hall–Kier alpha value is -3.66. The smallest absolute Gasteiger partial charge is 0.338 e. The summed E-state index contributed by atoms with van der Waals surface area (Å²) in [7, 11) is -1.45. The third-order valence-electron chi connectivity index (χ3n) is 8.89. The summed E-state index contributed by atoms with van der Waals surface area (Å²) in [5.74, 6) is 0.0583. The van der Waals surface area contributed by atoms with Crippen LogP contribution in [0.1, 0.15) is 101 Å². The van der Waals surface area contributed by atoms with Crippen LogP contribution < -0.4 is 26.2 Å². The topological polar surface area (TPSA) is 55.8 Å². The van der Waals surface area contributed by atoms with Crippen LogP contribution in [0.4, 0.5) is 11.4 Å². The van der Waals surface area contributed by atoms with E-state index in [0.29, 0.717) is 0 Å². The van der Waals surface area contributed by atoms with Crippen LogP contribution in [0.15, 0.2) is 97.1 Å². The molecule has 0 bridgehead atoms. The Morgan fingerprint density at radius 1 is 0.622 bits per heavy atom. The molecule has 236 valence electrons. The van der Waals surface area contributed by atoms with Gasteiger partial charge < -0.3 is 5.11 Å². The van der Waals surface area contributed by atoms with E-state index in [9.17, 15) is 9.90 Å². The van der Waals surface area contributed by atoms with E-state index >= 15 is 0 Å². The molecular formula is C39H48N3O2P. The Morgan fingerprint density at radius 2 is 1.00 bits per heavy atom. The molecule has 0 saturated carbocycles. The summed E-state index contributed by atoms with van der Waals surface area (Å²) in [6, 6.07) is 33.5. The minimum absolute atomic E-state index is 0.190. The first-order valence-electron chi connectivity index (χ1n) is 16.2. The summed E-state index contributed by atoms with van der Waals surface area (Å²) < 4.78 is 0. The van der Waals surface area contributed by atoms with E-state index in [1.807, 2.05) is 36.4 Å². The zero-order valence-electron chi connectivity index (χ0n) is 28.0. The number of carboxylic acid groups (broad SMARTS) is 1. The van der Waals surface area contributed by atoms with Crippen molar-refractivity contribution in [1.29, 1.82) is 0 Å². The van der Waals surface area contributed by atoms with E-state index in [1.165, 1.54) is 11.1 Å². The molecule has 2 N–H and O–H groups in total. The number of anilines is 2. The number of nitrogens with one attached hydrogen (secondary N) is 1. The van der Waals surface area contributed by atoms with Gasteiger partial charge in [0.05, 0.1) is 17.9 Å². The van der Waals surface area contributed by atoms with E-state index in [1.54, 1.807) is 0 Å². The van der Waals surface area contributed by atoms with E-state index in [0.717, 1.165) is 33.1 Å². The van der Waals surface area contributed by atoms with Crippen LogP contribution in [0.5, 0.6) is 0 Å². The number of benzene rings is 4. The number of carbonyl (C=O) groups is 1. The third-order valence-corrected chi connectivity index (χ3v) is 11.8. The SMILES string of the molecule is CC(C)c1cccc(C(C)C)c1N1CC(C(=O)O)(P(c2ccccc2)c2ccccc2)N(c2c(C(C)C)cccc2C(C)C)N1. The van der Waals surface area contributed by atoms with Gasteiger partial charge in [-0.25, -0.2) is 4.79 Å². The van der Waals surface area contributed by atoms with E-state index < -0.39 is 19.2 Å². The van der Waals surface area contributed by atoms with E-state index in [-0.39, 0.29) is 30.2 Å². The second kappa shape index (κ2) is 13.4. The van der Waals surface area contributed by atoms with Crippen molar-refractivity contribution in [1.82, 2.24) is 5.53 Å². The van der Waals surface area contributed by atoms with Crippen LogP contribution in [-0.4, -0.2) is 22.9 Å². The molecule has 0 aromatic heterocycles. The quantitative estimate of drug-likeness (QED) is 0.173. The first kappa shape index (κ1) is 32.7. The van der Waals surface area contributed by atoms with Crippen LogP contribution in [0, 0.1) is 0 Å². The van der Waals surface area contributed by atoms with Gasteiger partial charge in [-0.15, -0.1) is 5.53 Å². The molecule has 1 aliphatic rings. The maximum absolute atomic E-state index is 14.4. The Balaban J connectivity index is 1.90. The molecule has 4 aromatic carbocycles. The molecule has 1 atom stereocenters. The Bertz CT molecular complexity index is 1530. The summed E-state index contributed by atoms with van der Waals surface area (Å²) in [6.45, 7) is 17.9. The van der Waals surface area contributed by atoms with Crippen LogP contribution in [0.3, 0.4) is 0 Å². The molecule has 45 heavy (non-hydrogen) atoms. The summed E-state index contributed by atoms with van der Waals surface area (Å²) in [5, 5.41) is 16.7. The highest BCUT2D eigenvalue weighted by Crippen LogP contribution is 2.56. The van der Waals surface area contributed by atoms with Gasteiger partial charge >= 0.3 is 5.97 Å². The number of rotatable bonds is 10. The lowest BCUT2D eigenvalue weighted by Crippen LogP contribution is -2.57. The summed E-state index contributed by atoms with van der Waals surface area (Å²) in [4.78, 5) is 14.4. The van der Waals surface area contributed by atoms with Gasteiger partial charge in [-0.3, -0.25) is 10.0 Å². The number of para-hydroxylation sites is 2. The molecule has 1 aliphatic heterocycles. The largest absolute Gasteiger partial charge is 0.479 e. The van der Waals surface area contributed by atoms with Crippen molar-refractivity contribution in [3.63, 3.8) is 0 Å². The highest BCUT2D eigenvalue weighted by Gasteiger charge is 2.59. The van der Waals surface area contributed by atoms with Gasteiger partial charge in [0.15, 0.2) is 5.28 Å². The number of aliphatic carboxylic acids is 1. The zero-order chi connectivity index (χ0) is 32.5. The van der Waals surface area contributed by atoms with Crippen molar-refractivity contribution >= 4 is 35.9 Å². The predicted molar refractivity (Wildman–Crippen MR) is 192 cm³/mol. The summed E-state index contributed by atoms with van der Waals surface area (Å²) in [6.07, 6.45) is 0. The number of hydrogen-bond acceptors (Lipinski definition) is 4. The lowest BCUT2D eigenvalue weighted by atomic mass is 9.91. The van der Waals surface area contributed by atoms with Gasteiger partial charge in [0.2, 0.25) is 0 Å². The minimum atomic E-state index is -1.45. The standard InChI is InChI=1S/C39H48N3O2P/c1-26(2)32-21-15-22-33(27(3)4)36(32)41-25-39(38(43)44,45(30-17-11-9-12-18-30)31-19-13-10-14-20-31)42(40-41)37-34(28(5)6)23-16-24-35(37)29(7)8/h9-24,26-29,40H,25H2,1-8H3,(H,43,44). The summed E-state index contributed by atoms with van der Waals surface area (Å²) >= 11 is 0. The molecule has 0 aliphatic carbocycles. The van der Waals surface area contributed by atoms with Gasteiger partial charge in [0, 0.05) is 0 Å². The molecule has 4 aromatic rings. The molecule has 1 fully saturated rings. The second-order valence-corrected chi connectivity index (χ2v) is 15.8. The number of hydrogen-bond donors (Lipinski definition) is 2. The lowest BCUT2D eigenvalue weighted by molar-refractivity contribution is -0.139. The molecule has 1 unspecified atom stereocenters. The van der Waals surface area contributed by atoms with Gasteiger partial charge in [0.25, 0.3) is 0 Å². The summed E-state index contributed by atoms with van der Waals surface area (Å²) in [5.41, 5.74) is 10.5. The number of hydrazine groups is 2. The Kier molecular flexibility index (Phi) is 9.72. The van der Waals surface area contributed by atoms with Gasteiger partial charge in [0.1, 0.15) is 0 Å². The van der Waals surface area contributed by atoms with Crippen LogP contribution in [-0.2, 0) is 4.79 Å². The number of nitrogens with zero attached hydrogens (tertiary/aromatic N) is 2. The first-order valence-corrected chi connectivity index (χ1v) is 17.6. The molecule has 6 heteroatoms. The molecule has 0 spiro atoms. The van der Waals surface area contributed by atoms with Crippen molar-refractivity contribution in [2.24, 2.45) is 0 Å². The molecule has 1 heterocycles. The molecule has 5 rings (SSSR count). The Labute approximate surface area is 271 Å². The molecule has 1 saturated heterocycles. The van der Waals surface area contributed by atoms with Crippen LogP contribution >= 0.6 is 7.92 Å². The third kappa shape index (κ3) is 6.01. The fourth-order valence-electron chi connectivity index (χ4n) is 6.65. The molecular weight excluding hydrogens is 573 g/mol. The van der Waals surface area contributed by atoms with Gasteiger partial charge in [-0.05, 0) is 64.5 Å². The molecule has 0 amide bonds. The fraction of sp³-hybridized carbons (Fsp3) is 0.359. The van der Waals surface area contributed by atoms with Crippen LogP contribution in [0.2, 0.25) is 0 Å². The van der Waals surface area contributed by atoms with Crippen molar-refractivity contribution in [2.75, 3.05) is 16.6 Å². The van der Waals surface area contributed by atoms with Crippen molar-refractivity contribution in [3.05, 3.63) is 119 Å². The average molecular weight is 622 g/mol. The van der Waals surface area contributed by atoms with E-state index in [2.05, 4.69) is 132 Å². The van der Waals surface area contributed by atoms with Crippen molar-refractivity contribution in [2.45, 2.75) is 84.3 Å². The normalized spacial score (nSPS) is 17.0. The maximum atomic E-state index is 14.4. The van der Waals surface area contributed by atoms with E-state index in [4.69, 9.17) is 0 Å². The van der Waals surface area contributed by atoms with Gasteiger partial charge in [-0.1, -0.05) is 152 Å². The minimum Gasteiger partial charge on any atom is -0.479 e. The first-order chi connectivity index (χ1) is 21.5. The lowest BCUT2D eigenvalue weighted by Gasteiger charge is -2.42. The number of carboxylic acids is 1. The second-order valence-electron chi connectivity index (χ2n) is 13.3. The fourth-order valence-corrected chi connectivity index (χ4v) is 9.56. The average Bonchev–Trinajstić information content (AvgIpc) is 3.42. The van der Waals surface area contributed by atoms with Crippen molar-refractivity contribution < 1.29 is 9.90 Å². The van der Waals surface area contributed by atoms with Crippen molar-refractivity contribution in [3.8, 4) is 0 Å². The zero-order valence-corrected chi connectivity index (χ0v) is 28.8. The highest BCUT2D eigenvalue weighted by atomic mass is 31.1. The predicted octanol–water partition coefficient (Wildman–Crippen LogP) is 8.84. The van der Waals surface area contributed by atoms with Crippen LogP contribution in [0.25, 0.3) is 0 Å².